The molecule has 19 heavy (non-hydrogen) atoms. The fraction of sp³-hybridized carbons (Fsp3) is 0.533. The summed E-state index contributed by atoms with van der Waals surface area (Å²) in [5.74, 6) is -1.22. The van der Waals surface area contributed by atoms with Gasteiger partial charge in [0.25, 0.3) is 0 Å². The van der Waals surface area contributed by atoms with Crippen LogP contribution in [0.4, 0.5) is 0 Å². The Kier molecular flexibility index (Phi) is 5.58. The maximum atomic E-state index is 11.2. The molecule has 0 saturated carbocycles. The zero-order valence-corrected chi connectivity index (χ0v) is 15.8. The quantitative estimate of drug-likeness (QED) is 0.803. The summed E-state index contributed by atoms with van der Waals surface area (Å²) in [6.45, 7) is 12.0. The van der Waals surface area contributed by atoms with Crippen molar-refractivity contribution in [1.29, 1.82) is 0 Å². The summed E-state index contributed by atoms with van der Waals surface area (Å²) in [4.78, 5) is 11.2. The third kappa shape index (κ3) is 4.16. The van der Waals surface area contributed by atoms with Crippen molar-refractivity contribution >= 4 is 31.8 Å². The molecule has 0 amide bonds. The van der Waals surface area contributed by atoms with Crippen molar-refractivity contribution in [1.82, 2.24) is 0 Å². The number of hydrogen-bond donors (Lipinski definition) is 2. The summed E-state index contributed by atoms with van der Waals surface area (Å²) in [6.07, 6.45) is 0. The van der Waals surface area contributed by atoms with E-state index in [1.165, 1.54) is 0 Å². The first-order chi connectivity index (χ1) is 7.94. The van der Waals surface area contributed by atoms with Crippen LogP contribution in [0.2, 0.25) is 0 Å². The minimum atomic E-state index is -1.09. The molecule has 0 bridgehead atoms. The van der Waals surface area contributed by atoms with Gasteiger partial charge in [0.05, 0.1) is 0 Å². The zero-order valence-electron chi connectivity index (χ0n) is 12.5. The fourth-order valence-electron chi connectivity index (χ4n) is 1.80. The SMILES string of the molecule is CC(C)(C)c1cc(C(=O)O)c(O)c(C(C)(C)C)c1.[In]. The Hall–Kier alpha value is -0.640. The Bertz CT molecular complexity index is 479. The Labute approximate surface area is 133 Å². The van der Waals surface area contributed by atoms with Crippen LogP contribution in [-0.2, 0) is 10.8 Å². The molecule has 0 spiro atoms. The first-order valence-electron chi connectivity index (χ1n) is 6.06. The maximum absolute atomic E-state index is 11.2. The van der Waals surface area contributed by atoms with E-state index < -0.39 is 5.97 Å². The standard InChI is InChI=1S/C15H22O3.In/c1-14(2,3)9-7-10(13(17)18)12(16)11(8-9)15(4,5)6;/h7-8,16H,1-6H3,(H,17,18);. The van der Waals surface area contributed by atoms with E-state index in [4.69, 9.17) is 0 Å². The van der Waals surface area contributed by atoms with Crippen LogP contribution in [0.15, 0.2) is 12.1 Å². The summed E-state index contributed by atoms with van der Waals surface area (Å²) in [5, 5.41) is 19.3. The van der Waals surface area contributed by atoms with Crippen LogP contribution in [0.5, 0.6) is 5.75 Å². The Morgan fingerprint density at radius 1 is 1.00 bits per heavy atom. The third-order valence-corrected chi connectivity index (χ3v) is 3.01. The van der Waals surface area contributed by atoms with Gasteiger partial charge in [-0.3, -0.25) is 0 Å². The smallest absolute Gasteiger partial charge is 0.339 e. The normalized spacial score (nSPS) is 11.9. The van der Waals surface area contributed by atoms with E-state index in [0.29, 0.717) is 5.56 Å². The molecule has 0 aliphatic carbocycles. The second-order valence-electron chi connectivity index (χ2n) is 6.73. The van der Waals surface area contributed by atoms with E-state index in [-0.39, 0.29) is 48.0 Å². The van der Waals surface area contributed by atoms with Gasteiger partial charge < -0.3 is 10.2 Å². The maximum Gasteiger partial charge on any atom is 0.339 e. The molecule has 0 heterocycles. The van der Waals surface area contributed by atoms with Crippen LogP contribution < -0.4 is 0 Å². The van der Waals surface area contributed by atoms with Crippen molar-refractivity contribution in [2.24, 2.45) is 0 Å². The van der Waals surface area contributed by atoms with E-state index in [2.05, 4.69) is 0 Å². The van der Waals surface area contributed by atoms with Gasteiger partial charge in [-0.05, 0) is 22.5 Å². The Balaban J connectivity index is 0.00000324. The molecule has 0 aliphatic heterocycles. The molecule has 0 fully saturated rings. The van der Waals surface area contributed by atoms with E-state index in [1.54, 1.807) is 6.07 Å². The fourth-order valence-corrected chi connectivity index (χ4v) is 1.80. The van der Waals surface area contributed by atoms with Crippen LogP contribution in [0, 0.1) is 0 Å². The molecular weight excluding hydrogens is 343 g/mol. The van der Waals surface area contributed by atoms with Crippen LogP contribution in [0.3, 0.4) is 0 Å². The van der Waals surface area contributed by atoms with Crippen LogP contribution in [0.25, 0.3) is 0 Å². The average Bonchev–Trinajstić information content (AvgIpc) is 2.13. The van der Waals surface area contributed by atoms with Crippen molar-refractivity contribution in [2.45, 2.75) is 52.4 Å². The van der Waals surface area contributed by atoms with Gasteiger partial charge in [-0.15, -0.1) is 0 Å². The van der Waals surface area contributed by atoms with Crippen LogP contribution in [0.1, 0.15) is 63.0 Å². The molecule has 0 aromatic heterocycles. The Morgan fingerprint density at radius 2 is 1.47 bits per heavy atom. The number of carboxylic acid groups (broad SMARTS) is 1. The topological polar surface area (TPSA) is 57.5 Å². The number of carbonyl (C=O) groups is 1. The first-order valence-corrected chi connectivity index (χ1v) is 6.06. The molecular formula is C15H22InO3. The molecule has 4 heteroatoms. The summed E-state index contributed by atoms with van der Waals surface area (Å²) in [6, 6.07) is 3.47. The van der Waals surface area contributed by atoms with E-state index in [1.807, 2.05) is 47.6 Å². The van der Waals surface area contributed by atoms with Crippen molar-refractivity contribution in [3.63, 3.8) is 0 Å². The van der Waals surface area contributed by atoms with Gasteiger partial charge in [-0.1, -0.05) is 47.6 Å². The summed E-state index contributed by atoms with van der Waals surface area (Å²) < 4.78 is 0. The third-order valence-electron chi connectivity index (χ3n) is 3.01. The number of carboxylic acids is 1. The van der Waals surface area contributed by atoms with Crippen LogP contribution >= 0.6 is 0 Å². The molecule has 0 atom stereocenters. The number of phenols is 1. The molecule has 0 aliphatic rings. The number of aromatic carboxylic acids is 1. The van der Waals surface area contributed by atoms with Gasteiger partial charge in [0.2, 0.25) is 0 Å². The molecule has 1 aromatic rings. The molecule has 1 aromatic carbocycles. The molecule has 0 saturated heterocycles. The minimum absolute atomic E-state index is 0. The van der Waals surface area contributed by atoms with E-state index >= 15 is 0 Å². The monoisotopic (exact) mass is 365 g/mol. The predicted molar refractivity (Wildman–Crippen MR) is 78.2 cm³/mol. The summed E-state index contributed by atoms with van der Waals surface area (Å²) in [5.41, 5.74) is 1.12. The van der Waals surface area contributed by atoms with E-state index in [9.17, 15) is 15.0 Å². The number of benzene rings is 1. The van der Waals surface area contributed by atoms with Crippen molar-refractivity contribution in [2.75, 3.05) is 0 Å². The van der Waals surface area contributed by atoms with Gasteiger partial charge in [0, 0.05) is 31.4 Å². The van der Waals surface area contributed by atoms with Crippen molar-refractivity contribution < 1.29 is 15.0 Å². The molecule has 0 unspecified atom stereocenters. The minimum Gasteiger partial charge on any atom is -0.507 e. The predicted octanol–water partition coefficient (Wildman–Crippen LogP) is 3.30. The largest absolute Gasteiger partial charge is 0.507 e. The van der Waals surface area contributed by atoms with Gasteiger partial charge in [0.1, 0.15) is 11.3 Å². The molecule has 2 N–H and O–H groups in total. The number of aromatic hydroxyl groups is 1. The van der Waals surface area contributed by atoms with Gasteiger partial charge in [0.15, 0.2) is 0 Å². The van der Waals surface area contributed by atoms with Crippen molar-refractivity contribution in [3.8, 4) is 5.75 Å². The second kappa shape index (κ2) is 5.78. The second-order valence-corrected chi connectivity index (χ2v) is 6.73. The molecule has 1 rings (SSSR count). The van der Waals surface area contributed by atoms with E-state index in [0.717, 1.165) is 5.56 Å². The van der Waals surface area contributed by atoms with Crippen LogP contribution in [-0.4, -0.2) is 42.0 Å². The Morgan fingerprint density at radius 3 is 1.79 bits per heavy atom. The number of rotatable bonds is 1. The molecule has 3 radical (unpaired) electrons. The van der Waals surface area contributed by atoms with Crippen molar-refractivity contribution in [3.05, 3.63) is 28.8 Å². The summed E-state index contributed by atoms with van der Waals surface area (Å²) in [7, 11) is 0. The van der Waals surface area contributed by atoms with Gasteiger partial charge >= 0.3 is 5.97 Å². The summed E-state index contributed by atoms with van der Waals surface area (Å²) >= 11 is 0. The van der Waals surface area contributed by atoms with Gasteiger partial charge in [-0.25, -0.2) is 4.79 Å². The average molecular weight is 365 g/mol. The first kappa shape index (κ1) is 18.4. The van der Waals surface area contributed by atoms with Gasteiger partial charge in [-0.2, -0.15) is 0 Å². The zero-order chi connectivity index (χ0) is 14.3. The number of hydrogen-bond acceptors (Lipinski definition) is 2. The molecule has 103 valence electrons. The molecule has 3 nitrogen and oxygen atoms in total.